The van der Waals surface area contributed by atoms with E-state index in [-0.39, 0.29) is 6.42 Å². The number of aliphatic hydroxyl groups excluding tert-OH is 2. The number of carbonyl (C=O) groups excluding carboxylic acids is 4. The predicted molar refractivity (Wildman–Crippen MR) is 335 cm³/mol. The molecule has 0 saturated carbocycles. The summed E-state index contributed by atoms with van der Waals surface area (Å²) in [6, 6.07) is -4.27. The first-order valence-corrected chi connectivity index (χ1v) is 34.4. The van der Waals surface area contributed by atoms with Crippen LogP contribution in [0.5, 0.6) is 0 Å². The molecule has 1 rings (SSSR count). The first-order valence-electron chi connectivity index (χ1n) is 34.4. The van der Waals surface area contributed by atoms with Crippen molar-refractivity contribution in [2.45, 2.75) is 378 Å². The minimum Gasteiger partial charge on any atom is -0.481 e. The first kappa shape index (κ1) is 78.6. The molecule has 9 N–H and O–H groups in total. The molecule has 0 bridgehead atoms. The summed E-state index contributed by atoms with van der Waals surface area (Å²) >= 11 is 0. The zero-order valence-electron chi connectivity index (χ0n) is 53.9. The van der Waals surface area contributed by atoms with Gasteiger partial charge in [0.15, 0.2) is 12.3 Å². The van der Waals surface area contributed by atoms with Gasteiger partial charge in [0, 0.05) is 13.3 Å². The number of hydrogen-bond donors (Lipinski definition) is 7. The SMILES string of the molecule is CCCCCCCCCCCCCCCCCCCCCCCC(O)C(CCCCCCCCCCCCCCCCCCCCCC)C(=O)OC[C@H]1OC(N(C(C)=O)[C@@H](C)C(=O)N[C@H](CCC(=O)O)C(N)=O)[C@H](N)[C@@H](O[C@H](C)C(=O)O)[C@@H]1O. The number of rotatable bonds is 58. The Morgan fingerprint density at radius 3 is 1.25 bits per heavy atom. The number of aliphatic hydroxyl groups is 2. The lowest BCUT2D eigenvalue weighted by Crippen LogP contribution is -2.70. The molecule has 0 spiro atoms. The van der Waals surface area contributed by atoms with Crippen LogP contribution in [-0.2, 0) is 43.0 Å². The zero-order valence-corrected chi connectivity index (χ0v) is 53.9. The highest BCUT2D eigenvalue weighted by Gasteiger charge is 2.50. The zero-order chi connectivity index (χ0) is 62.2. The van der Waals surface area contributed by atoms with Gasteiger partial charge in [-0.3, -0.25) is 24.0 Å². The third-order valence-corrected chi connectivity index (χ3v) is 17.3. The number of amides is 3. The molecule has 0 aliphatic carbocycles. The van der Waals surface area contributed by atoms with E-state index < -0.39 is 109 Å². The van der Waals surface area contributed by atoms with Gasteiger partial charge in [-0.25, -0.2) is 4.79 Å². The molecule has 1 aliphatic rings. The molecule has 3 amide bonds. The van der Waals surface area contributed by atoms with Crippen molar-refractivity contribution in [3.05, 3.63) is 0 Å². The number of nitrogens with zero attached hydrogens (tertiary/aromatic N) is 1. The monoisotopic (exact) mass is 1190 g/mol. The molecule has 0 aromatic rings. The molecule has 1 fully saturated rings. The van der Waals surface area contributed by atoms with E-state index in [2.05, 4.69) is 19.2 Å². The molecule has 84 heavy (non-hydrogen) atoms. The Labute approximate surface area is 509 Å². The molecule has 0 aromatic heterocycles. The number of unbranched alkanes of at least 4 members (excludes halogenated alkanes) is 39. The van der Waals surface area contributed by atoms with Crippen LogP contribution >= 0.6 is 0 Å². The van der Waals surface area contributed by atoms with Gasteiger partial charge in [-0.1, -0.05) is 277 Å². The number of carboxylic acid groups (broad SMARTS) is 2. The molecule has 1 heterocycles. The van der Waals surface area contributed by atoms with Crippen LogP contribution in [0.3, 0.4) is 0 Å². The lowest BCUT2D eigenvalue weighted by atomic mass is 9.91. The molecule has 1 saturated heterocycles. The van der Waals surface area contributed by atoms with Gasteiger partial charge >= 0.3 is 17.9 Å². The molecule has 1 aliphatic heterocycles. The van der Waals surface area contributed by atoms with E-state index in [4.69, 9.17) is 30.8 Å². The molecule has 492 valence electrons. The van der Waals surface area contributed by atoms with Crippen molar-refractivity contribution in [2.24, 2.45) is 17.4 Å². The first-order chi connectivity index (χ1) is 40.5. The van der Waals surface area contributed by atoms with Gasteiger partial charge in [0.1, 0.15) is 37.0 Å². The largest absolute Gasteiger partial charge is 0.481 e. The summed E-state index contributed by atoms with van der Waals surface area (Å²) in [7, 11) is 0. The molecule has 0 aromatic carbocycles. The Balaban J connectivity index is 2.87. The van der Waals surface area contributed by atoms with E-state index in [1.54, 1.807) is 0 Å². The van der Waals surface area contributed by atoms with Crippen molar-refractivity contribution in [1.82, 2.24) is 10.2 Å². The predicted octanol–water partition coefficient (Wildman–Crippen LogP) is 13.7. The van der Waals surface area contributed by atoms with Crippen molar-refractivity contribution in [3.63, 3.8) is 0 Å². The molecule has 0 radical (unpaired) electrons. The summed E-state index contributed by atoms with van der Waals surface area (Å²) in [5.41, 5.74) is 12.0. The minimum atomic E-state index is -1.67. The average Bonchev–Trinajstić information content (AvgIpc) is 2.29. The van der Waals surface area contributed by atoms with Crippen LogP contribution in [0.15, 0.2) is 0 Å². The van der Waals surface area contributed by atoms with Crippen molar-refractivity contribution in [3.8, 4) is 0 Å². The third kappa shape index (κ3) is 38.0. The Bertz CT molecular complexity index is 1690. The maximum atomic E-state index is 14.1. The second kappa shape index (κ2) is 51.6. The Hall–Kier alpha value is -3.38. The van der Waals surface area contributed by atoms with E-state index in [0.717, 1.165) is 56.8 Å². The number of primary amides is 1. The van der Waals surface area contributed by atoms with Gasteiger partial charge in [-0.15, -0.1) is 0 Å². The smallest absolute Gasteiger partial charge is 0.332 e. The van der Waals surface area contributed by atoms with E-state index in [1.807, 2.05) is 0 Å². The van der Waals surface area contributed by atoms with Crippen LogP contribution < -0.4 is 16.8 Å². The number of nitrogens with two attached hydrogens (primary N) is 2. The number of carbonyl (C=O) groups is 6. The number of carboxylic acids is 2. The highest BCUT2D eigenvalue weighted by atomic mass is 16.6. The second-order valence-corrected chi connectivity index (χ2v) is 24.9. The normalized spacial score (nSPS) is 18.8. The highest BCUT2D eigenvalue weighted by molar-refractivity contribution is 5.91. The van der Waals surface area contributed by atoms with Crippen LogP contribution in [0.2, 0.25) is 0 Å². The van der Waals surface area contributed by atoms with Crippen LogP contribution in [-0.4, -0.2) is 122 Å². The number of hydrogen-bond acceptors (Lipinski definition) is 12. The van der Waals surface area contributed by atoms with Crippen molar-refractivity contribution in [2.75, 3.05) is 6.61 Å². The molecule has 17 heteroatoms. The summed E-state index contributed by atoms with van der Waals surface area (Å²) in [6.07, 6.45) is 43.0. The Morgan fingerprint density at radius 1 is 0.560 bits per heavy atom. The fourth-order valence-corrected chi connectivity index (χ4v) is 11.8. The average molecular weight is 1200 g/mol. The number of aliphatic carboxylic acids is 2. The Morgan fingerprint density at radius 2 is 0.917 bits per heavy atom. The van der Waals surface area contributed by atoms with Crippen LogP contribution in [0, 0.1) is 5.92 Å². The minimum absolute atomic E-state index is 0.319. The summed E-state index contributed by atoms with van der Waals surface area (Å²) in [6.45, 7) is 7.62. The maximum absolute atomic E-state index is 14.1. The van der Waals surface area contributed by atoms with E-state index in [1.165, 1.54) is 226 Å². The summed E-state index contributed by atoms with van der Waals surface area (Å²) in [5, 5.41) is 44.6. The van der Waals surface area contributed by atoms with Crippen LogP contribution in [0.1, 0.15) is 324 Å². The van der Waals surface area contributed by atoms with Gasteiger partial charge in [0.2, 0.25) is 17.7 Å². The highest BCUT2D eigenvalue weighted by Crippen LogP contribution is 2.30. The third-order valence-electron chi connectivity index (χ3n) is 17.3. The topological polar surface area (TPSA) is 278 Å². The van der Waals surface area contributed by atoms with Crippen molar-refractivity contribution >= 4 is 35.6 Å². The van der Waals surface area contributed by atoms with Crippen molar-refractivity contribution < 1.29 is 63.4 Å². The lowest BCUT2D eigenvalue weighted by Gasteiger charge is -2.48. The number of esters is 1. The van der Waals surface area contributed by atoms with Gasteiger partial charge in [-0.05, 0) is 33.1 Å². The van der Waals surface area contributed by atoms with Crippen LogP contribution in [0.25, 0.3) is 0 Å². The van der Waals surface area contributed by atoms with E-state index in [0.29, 0.717) is 19.3 Å². The van der Waals surface area contributed by atoms with Gasteiger partial charge in [0.25, 0.3) is 0 Å². The van der Waals surface area contributed by atoms with E-state index in [9.17, 15) is 44.1 Å². The summed E-state index contributed by atoms with van der Waals surface area (Å²) in [5.74, 6) is -6.78. The van der Waals surface area contributed by atoms with Gasteiger partial charge < -0.3 is 56.3 Å². The molecule has 3 unspecified atom stereocenters. The van der Waals surface area contributed by atoms with Gasteiger partial charge in [-0.2, -0.15) is 0 Å². The fraction of sp³-hybridized carbons (Fsp3) is 0.910. The standard InChI is InChI=1S/C67H126N4O13/c1-6-8-10-12-14-16-18-20-22-24-26-28-30-32-34-36-38-40-42-44-46-48-57(73)55(47-45-43-41-39-37-35-33-31-29-27-25-23-21-19-17-15-13-11-9-7-2)67(81)82-51-58-61(76)62(83-53(4)66(79)80)60(68)65(84-58)71(54(5)72)52(3)64(78)70-56(63(69)77)49-50-59(74)75/h52-53,55-58,60-62,65,73,76H,6-51,68H2,1-5H3,(H2,69,77)(H,70,78)(H,74,75)(H,79,80)/t52-,53+,55?,56+,57?,58+,60+,61+,62+,65?/m0/s1. The van der Waals surface area contributed by atoms with Crippen molar-refractivity contribution in [1.29, 1.82) is 0 Å². The maximum Gasteiger partial charge on any atom is 0.332 e. The molecule has 10 atom stereocenters. The second-order valence-electron chi connectivity index (χ2n) is 24.9. The summed E-state index contributed by atoms with van der Waals surface area (Å²) in [4.78, 5) is 77.3. The molecular weight excluding hydrogens is 1070 g/mol. The van der Waals surface area contributed by atoms with E-state index >= 15 is 0 Å². The molecule has 17 nitrogen and oxygen atoms in total. The Kier molecular flexibility index (Phi) is 48.3. The van der Waals surface area contributed by atoms with Crippen LogP contribution in [0.4, 0.5) is 0 Å². The fourth-order valence-electron chi connectivity index (χ4n) is 11.8. The molecular formula is C67H126N4O13. The lowest BCUT2D eigenvalue weighted by molar-refractivity contribution is -0.247. The quantitative estimate of drug-likeness (QED) is 0.0220. The number of ether oxygens (including phenoxy) is 3. The summed E-state index contributed by atoms with van der Waals surface area (Å²) < 4.78 is 17.8. The van der Waals surface area contributed by atoms with Gasteiger partial charge in [0.05, 0.1) is 18.1 Å². The number of nitrogens with one attached hydrogen (secondary N) is 1.